The Morgan fingerprint density at radius 1 is 1.04 bits per heavy atom. The number of carbonyl (C=O) groups excluding carboxylic acids is 2. The molecule has 0 heterocycles. The van der Waals surface area contributed by atoms with Gasteiger partial charge in [0.15, 0.2) is 6.10 Å². The molecule has 2 aromatic rings. The maximum absolute atomic E-state index is 12.5. The second-order valence-corrected chi connectivity index (χ2v) is 6.49. The summed E-state index contributed by atoms with van der Waals surface area (Å²) in [4.78, 5) is 24.8. The fraction of sp³-hybridized carbons (Fsp3) is 0.333. The quantitative estimate of drug-likeness (QED) is 0.764. The van der Waals surface area contributed by atoms with Crippen LogP contribution in [0.3, 0.4) is 0 Å². The summed E-state index contributed by atoms with van der Waals surface area (Å²) in [7, 11) is 0. The molecule has 0 aliphatic carbocycles. The third-order valence-corrected chi connectivity index (χ3v) is 4.09. The summed E-state index contributed by atoms with van der Waals surface area (Å²) >= 11 is 0. The average molecular weight is 355 g/mol. The van der Waals surface area contributed by atoms with Crippen molar-refractivity contribution in [1.29, 1.82) is 0 Å². The van der Waals surface area contributed by atoms with Crippen LogP contribution in [-0.2, 0) is 19.7 Å². The van der Waals surface area contributed by atoms with Gasteiger partial charge in [0.25, 0.3) is 5.91 Å². The van der Waals surface area contributed by atoms with Crippen molar-refractivity contribution >= 4 is 17.6 Å². The van der Waals surface area contributed by atoms with Gasteiger partial charge in [-0.3, -0.25) is 9.59 Å². The van der Waals surface area contributed by atoms with Gasteiger partial charge in [0, 0.05) is 5.69 Å². The topological polar surface area (TPSA) is 64.6 Å². The first-order chi connectivity index (χ1) is 12.3. The maximum Gasteiger partial charge on any atom is 0.316 e. The molecule has 0 aliphatic heterocycles. The first-order valence-corrected chi connectivity index (χ1v) is 8.65. The Morgan fingerprint density at radius 3 is 2.23 bits per heavy atom. The lowest BCUT2D eigenvalue weighted by molar-refractivity contribution is -0.158. The Morgan fingerprint density at radius 2 is 1.65 bits per heavy atom. The molecule has 0 radical (unpaired) electrons. The molecule has 0 bridgehead atoms. The van der Waals surface area contributed by atoms with Gasteiger partial charge in [-0.1, -0.05) is 30.3 Å². The van der Waals surface area contributed by atoms with Crippen molar-refractivity contribution in [1.82, 2.24) is 0 Å². The van der Waals surface area contributed by atoms with Crippen LogP contribution < -0.4 is 10.1 Å². The number of hydrogen-bond donors (Lipinski definition) is 1. The van der Waals surface area contributed by atoms with Gasteiger partial charge in [-0.25, -0.2) is 0 Å². The van der Waals surface area contributed by atoms with Crippen molar-refractivity contribution in [3.63, 3.8) is 0 Å². The van der Waals surface area contributed by atoms with Crippen LogP contribution in [0.15, 0.2) is 54.6 Å². The molecule has 5 heteroatoms. The average Bonchev–Trinajstić information content (AvgIpc) is 2.64. The van der Waals surface area contributed by atoms with E-state index in [9.17, 15) is 9.59 Å². The number of nitrogens with one attached hydrogen (secondary N) is 1. The highest BCUT2D eigenvalue weighted by atomic mass is 16.5. The first kappa shape index (κ1) is 19.5. The summed E-state index contributed by atoms with van der Waals surface area (Å²) in [5, 5.41) is 2.74. The molecule has 0 spiro atoms. The molecule has 1 amide bonds. The number of ether oxygens (including phenoxy) is 2. The molecule has 0 saturated carbocycles. The lowest BCUT2D eigenvalue weighted by Crippen LogP contribution is -2.37. The van der Waals surface area contributed by atoms with Gasteiger partial charge in [-0.15, -0.1) is 0 Å². The van der Waals surface area contributed by atoms with Crippen LogP contribution in [0.1, 0.15) is 33.3 Å². The molecule has 2 rings (SSSR count). The number of esters is 1. The maximum atomic E-state index is 12.5. The predicted molar refractivity (Wildman–Crippen MR) is 101 cm³/mol. The van der Waals surface area contributed by atoms with Crippen LogP contribution in [0.2, 0.25) is 0 Å². The molecule has 1 atom stereocenters. The molecule has 0 fully saturated rings. The van der Waals surface area contributed by atoms with Gasteiger partial charge in [0.2, 0.25) is 0 Å². The van der Waals surface area contributed by atoms with E-state index >= 15 is 0 Å². The fourth-order valence-electron chi connectivity index (χ4n) is 2.38. The smallest absolute Gasteiger partial charge is 0.316 e. The first-order valence-electron chi connectivity index (χ1n) is 8.65. The van der Waals surface area contributed by atoms with Crippen LogP contribution in [-0.4, -0.2) is 24.6 Å². The van der Waals surface area contributed by atoms with Crippen molar-refractivity contribution in [2.75, 3.05) is 11.9 Å². The lowest BCUT2D eigenvalue weighted by Gasteiger charge is -2.25. The monoisotopic (exact) mass is 355 g/mol. The van der Waals surface area contributed by atoms with Crippen LogP contribution >= 0.6 is 0 Å². The minimum absolute atomic E-state index is 0.383. The standard InChI is InChI=1S/C21H25NO4/c1-5-25-18-13-11-17(12-14-18)22-19(23)15(2)26-20(24)21(3,4)16-9-7-6-8-10-16/h6-15H,5H2,1-4H3,(H,22,23)/t15-/m0/s1. The van der Waals surface area contributed by atoms with E-state index in [0.717, 1.165) is 11.3 Å². The van der Waals surface area contributed by atoms with Crippen molar-refractivity contribution in [2.45, 2.75) is 39.2 Å². The highest BCUT2D eigenvalue weighted by Crippen LogP contribution is 2.25. The molecule has 0 unspecified atom stereocenters. The number of hydrogen-bond acceptors (Lipinski definition) is 4. The SMILES string of the molecule is CCOc1ccc(NC(=O)[C@H](C)OC(=O)C(C)(C)c2ccccc2)cc1. The number of carbonyl (C=O) groups is 2. The van der Waals surface area contributed by atoms with E-state index < -0.39 is 17.5 Å². The molecule has 0 aliphatic rings. The number of amides is 1. The zero-order valence-corrected chi connectivity index (χ0v) is 15.6. The molecule has 0 saturated heterocycles. The van der Waals surface area contributed by atoms with E-state index in [0.29, 0.717) is 12.3 Å². The van der Waals surface area contributed by atoms with Crippen LogP contribution in [0.4, 0.5) is 5.69 Å². The normalized spacial score (nSPS) is 12.2. The predicted octanol–water partition coefficient (Wildman–Crippen LogP) is 3.93. The van der Waals surface area contributed by atoms with Crippen molar-refractivity contribution in [3.8, 4) is 5.75 Å². The lowest BCUT2D eigenvalue weighted by atomic mass is 9.85. The summed E-state index contributed by atoms with van der Waals surface area (Å²) in [6.45, 7) is 7.60. The Balaban J connectivity index is 1.96. The van der Waals surface area contributed by atoms with E-state index in [1.165, 1.54) is 0 Å². The third-order valence-electron chi connectivity index (χ3n) is 4.09. The Labute approximate surface area is 154 Å². The summed E-state index contributed by atoms with van der Waals surface area (Å²) in [6, 6.07) is 16.4. The minimum atomic E-state index is -0.906. The summed E-state index contributed by atoms with van der Waals surface area (Å²) in [5.41, 5.74) is 0.613. The number of anilines is 1. The van der Waals surface area contributed by atoms with Gasteiger partial charge in [-0.2, -0.15) is 0 Å². The fourth-order valence-corrected chi connectivity index (χ4v) is 2.38. The van der Waals surface area contributed by atoms with E-state index in [1.807, 2.05) is 37.3 Å². The van der Waals surface area contributed by atoms with E-state index in [1.54, 1.807) is 45.0 Å². The number of rotatable bonds is 7. The Hall–Kier alpha value is -2.82. The van der Waals surface area contributed by atoms with Gasteiger partial charge >= 0.3 is 5.97 Å². The van der Waals surface area contributed by atoms with Gasteiger partial charge in [-0.05, 0) is 57.5 Å². The Kier molecular flexibility index (Phi) is 6.39. The molecule has 5 nitrogen and oxygen atoms in total. The summed E-state index contributed by atoms with van der Waals surface area (Å²) < 4.78 is 10.8. The second kappa shape index (κ2) is 8.52. The number of benzene rings is 2. The Bertz CT molecular complexity index is 738. The zero-order chi connectivity index (χ0) is 19.2. The van der Waals surface area contributed by atoms with Crippen LogP contribution in [0.5, 0.6) is 5.75 Å². The molecular weight excluding hydrogens is 330 g/mol. The van der Waals surface area contributed by atoms with E-state index in [4.69, 9.17) is 9.47 Å². The van der Waals surface area contributed by atoms with Gasteiger partial charge < -0.3 is 14.8 Å². The molecule has 26 heavy (non-hydrogen) atoms. The molecule has 0 aromatic heterocycles. The van der Waals surface area contributed by atoms with Crippen LogP contribution in [0.25, 0.3) is 0 Å². The summed E-state index contributed by atoms with van der Waals surface area (Å²) in [5.74, 6) is -0.0981. The molecule has 2 aromatic carbocycles. The second-order valence-electron chi connectivity index (χ2n) is 6.49. The third kappa shape index (κ3) is 4.85. The van der Waals surface area contributed by atoms with Gasteiger partial charge in [0.1, 0.15) is 5.75 Å². The van der Waals surface area contributed by atoms with Crippen molar-refractivity contribution in [2.24, 2.45) is 0 Å². The van der Waals surface area contributed by atoms with E-state index in [-0.39, 0.29) is 5.91 Å². The largest absolute Gasteiger partial charge is 0.494 e. The molecule has 138 valence electrons. The highest BCUT2D eigenvalue weighted by molar-refractivity contribution is 5.95. The van der Waals surface area contributed by atoms with E-state index in [2.05, 4.69) is 5.32 Å². The van der Waals surface area contributed by atoms with Crippen molar-refractivity contribution < 1.29 is 19.1 Å². The summed E-state index contributed by atoms with van der Waals surface area (Å²) in [6.07, 6.45) is -0.906. The molecular formula is C21H25NO4. The zero-order valence-electron chi connectivity index (χ0n) is 15.6. The molecule has 1 N–H and O–H groups in total. The highest BCUT2D eigenvalue weighted by Gasteiger charge is 2.33. The minimum Gasteiger partial charge on any atom is -0.494 e. The van der Waals surface area contributed by atoms with Gasteiger partial charge in [0.05, 0.1) is 12.0 Å². The van der Waals surface area contributed by atoms with Crippen LogP contribution in [0, 0.1) is 0 Å². The van der Waals surface area contributed by atoms with Crippen molar-refractivity contribution in [3.05, 3.63) is 60.2 Å².